The highest BCUT2D eigenvalue weighted by Gasteiger charge is 2.45. The van der Waals surface area contributed by atoms with Gasteiger partial charge in [0.25, 0.3) is 5.91 Å². The Labute approximate surface area is 210 Å². The van der Waals surface area contributed by atoms with Crippen LogP contribution in [0.2, 0.25) is 5.02 Å². The van der Waals surface area contributed by atoms with Crippen molar-refractivity contribution in [2.24, 2.45) is 10.9 Å². The molecule has 0 bridgehead atoms. The van der Waals surface area contributed by atoms with Crippen molar-refractivity contribution in [3.63, 3.8) is 0 Å². The fraction of sp³-hybridized carbons (Fsp3) is 0.407. The molecule has 2 aliphatic heterocycles. The predicted octanol–water partition coefficient (Wildman–Crippen LogP) is 4.85. The van der Waals surface area contributed by atoms with Crippen LogP contribution in [-0.4, -0.2) is 58.1 Å². The van der Waals surface area contributed by atoms with Gasteiger partial charge in [0.15, 0.2) is 0 Å². The van der Waals surface area contributed by atoms with Crippen LogP contribution in [-0.2, 0) is 15.0 Å². The van der Waals surface area contributed by atoms with Gasteiger partial charge in [0.2, 0.25) is 5.91 Å². The van der Waals surface area contributed by atoms with Gasteiger partial charge < -0.3 is 9.80 Å². The second kappa shape index (κ2) is 9.53. The number of hydrogen-bond acceptors (Lipinski definition) is 4. The molecule has 6 nitrogen and oxygen atoms in total. The first-order valence-electron chi connectivity index (χ1n) is 11.8. The van der Waals surface area contributed by atoms with Gasteiger partial charge in [0.1, 0.15) is 11.7 Å². The number of rotatable bonds is 4. The highest BCUT2D eigenvalue weighted by atomic mass is 35.5. The average molecular weight is 497 g/mol. The van der Waals surface area contributed by atoms with E-state index in [0.29, 0.717) is 48.8 Å². The molecule has 0 radical (unpaired) electrons. The minimum atomic E-state index is -0.971. The summed E-state index contributed by atoms with van der Waals surface area (Å²) in [5.74, 6) is -0.128. The number of fused-ring (bicyclic) bond motifs is 1. The number of amides is 2. The normalized spacial score (nSPS) is 22.2. The van der Waals surface area contributed by atoms with Gasteiger partial charge in [-0.05, 0) is 50.5 Å². The first kappa shape index (κ1) is 25.0. The molecule has 4 rings (SSSR count). The van der Waals surface area contributed by atoms with E-state index >= 15 is 0 Å². The van der Waals surface area contributed by atoms with E-state index in [4.69, 9.17) is 16.6 Å². The van der Waals surface area contributed by atoms with E-state index in [2.05, 4.69) is 11.6 Å². The number of hydrogen-bond donors (Lipinski definition) is 0. The van der Waals surface area contributed by atoms with Crippen molar-refractivity contribution in [2.45, 2.75) is 45.6 Å². The van der Waals surface area contributed by atoms with Crippen LogP contribution in [0.1, 0.15) is 45.4 Å². The Hall–Kier alpha value is -3.06. The second-order valence-corrected chi connectivity index (χ2v) is 10.3. The van der Waals surface area contributed by atoms with Crippen LogP contribution in [0.4, 0.5) is 4.39 Å². The molecule has 2 aromatic rings. The Morgan fingerprint density at radius 2 is 2.03 bits per heavy atom. The van der Waals surface area contributed by atoms with Gasteiger partial charge in [-0.25, -0.2) is 9.37 Å². The minimum Gasteiger partial charge on any atom is -0.350 e. The lowest BCUT2D eigenvalue weighted by Crippen LogP contribution is -2.57. The number of aliphatic imine (C=N–C) groups is 1. The number of aromatic nitrogens is 1. The molecule has 1 saturated heterocycles. The minimum absolute atomic E-state index is 0.0912. The van der Waals surface area contributed by atoms with Crippen LogP contribution in [0.15, 0.2) is 48.0 Å². The van der Waals surface area contributed by atoms with Crippen molar-refractivity contribution in [2.75, 3.05) is 19.6 Å². The molecule has 3 heterocycles. The van der Waals surface area contributed by atoms with Crippen molar-refractivity contribution >= 4 is 29.3 Å². The van der Waals surface area contributed by atoms with E-state index in [1.54, 1.807) is 29.2 Å². The monoisotopic (exact) mass is 496 g/mol. The first-order valence-corrected chi connectivity index (χ1v) is 12.2. The van der Waals surface area contributed by atoms with Crippen LogP contribution in [0.25, 0.3) is 11.3 Å². The number of pyridine rings is 1. The summed E-state index contributed by atoms with van der Waals surface area (Å²) in [6, 6.07) is 8.00. The van der Waals surface area contributed by atoms with Crippen molar-refractivity contribution in [1.29, 1.82) is 0 Å². The van der Waals surface area contributed by atoms with Crippen molar-refractivity contribution in [3.05, 3.63) is 65.1 Å². The van der Waals surface area contributed by atoms with E-state index in [1.165, 1.54) is 12.1 Å². The second-order valence-electron chi connectivity index (χ2n) is 9.90. The predicted molar refractivity (Wildman–Crippen MR) is 136 cm³/mol. The third-order valence-electron chi connectivity index (χ3n) is 6.75. The van der Waals surface area contributed by atoms with E-state index in [0.717, 1.165) is 0 Å². The highest BCUT2D eigenvalue weighted by molar-refractivity contribution is 6.33. The maximum Gasteiger partial charge on any atom is 0.259 e. The zero-order chi connectivity index (χ0) is 25.5. The molecule has 2 atom stereocenters. The summed E-state index contributed by atoms with van der Waals surface area (Å²) in [6.45, 7) is 13.0. The van der Waals surface area contributed by atoms with Crippen molar-refractivity contribution < 1.29 is 14.0 Å². The van der Waals surface area contributed by atoms with Gasteiger partial charge in [-0.2, -0.15) is 4.99 Å². The van der Waals surface area contributed by atoms with Crippen molar-refractivity contribution in [1.82, 2.24) is 14.8 Å². The first-order chi connectivity index (χ1) is 16.6. The van der Waals surface area contributed by atoms with E-state index < -0.39 is 11.2 Å². The van der Waals surface area contributed by atoms with Gasteiger partial charge in [0.05, 0.1) is 21.8 Å². The molecule has 0 spiro atoms. The standard InChI is InChI=1S/C27H30ClFN4O2/c1-6-22(34)32-11-12-33(17(4)15-32)25-19-13-20(28)23(18-9-7-8-10-21(18)29)30-24(19)27(5,14-16(2)3)26(35)31-25/h6-10,13,16-17H,1,11-12,14-15H2,2-5H3/t17-,27?/m0/s1. The smallest absolute Gasteiger partial charge is 0.259 e. The Bertz CT molecular complexity index is 1230. The molecule has 1 aromatic heterocycles. The molecule has 0 saturated carbocycles. The number of amidine groups is 1. The Morgan fingerprint density at radius 3 is 2.66 bits per heavy atom. The van der Waals surface area contributed by atoms with Crippen LogP contribution < -0.4 is 0 Å². The summed E-state index contributed by atoms with van der Waals surface area (Å²) in [6.07, 6.45) is 1.85. The van der Waals surface area contributed by atoms with E-state index in [-0.39, 0.29) is 34.4 Å². The topological polar surface area (TPSA) is 65.9 Å². The van der Waals surface area contributed by atoms with Gasteiger partial charge in [-0.3, -0.25) is 9.59 Å². The molecule has 35 heavy (non-hydrogen) atoms. The third kappa shape index (κ3) is 4.49. The molecular weight excluding hydrogens is 467 g/mol. The van der Waals surface area contributed by atoms with Gasteiger partial charge in [-0.1, -0.05) is 44.2 Å². The largest absolute Gasteiger partial charge is 0.350 e. The quantitative estimate of drug-likeness (QED) is 0.567. The molecule has 1 aromatic carbocycles. The van der Waals surface area contributed by atoms with Crippen LogP contribution in [0, 0.1) is 11.7 Å². The maximum atomic E-state index is 14.7. The van der Waals surface area contributed by atoms with Crippen LogP contribution in [0.3, 0.4) is 0 Å². The zero-order valence-corrected chi connectivity index (χ0v) is 21.3. The van der Waals surface area contributed by atoms with E-state index in [9.17, 15) is 14.0 Å². The average Bonchev–Trinajstić information content (AvgIpc) is 2.81. The maximum absolute atomic E-state index is 14.7. The number of piperazine rings is 1. The molecule has 0 aliphatic carbocycles. The zero-order valence-electron chi connectivity index (χ0n) is 20.5. The number of carbonyl (C=O) groups is 2. The van der Waals surface area contributed by atoms with Crippen LogP contribution in [0.5, 0.6) is 0 Å². The molecule has 8 heteroatoms. The number of nitrogens with zero attached hydrogens (tertiary/aromatic N) is 4. The summed E-state index contributed by atoms with van der Waals surface area (Å²) in [4.78, 5) is 38.8. The molecule has 2 aliphatic rings. The SMILES string of the molecule is C=CC(=O)N1CCN(C2=NC(=O)C(C)(CC(C)C)c3nc(-c4ccccc4F)c(Cl)cc32)[C@@H](C)C1. The molecule has 2 amide bonds. The summed E-state index contributed by atoms with van der Waals surface area (Å²) in [7, 11) is 0. The summed E-state index contributed by atoms with van der Waals surface area (Å²) >= 11 is 6.68. The van der Waals surface area contributed by atoms with Crippen molar-refractivity contribution in [3.8, 4) is 11.3 Å². The molecule has 184 valence electrons. The van der Waals surface area contributed by atoms with Crippen LogP contribution >= 0.6 is 11.6 Å². The Morgan fingerprint density at radius 1 is 1.31 bits per heavy atom. The third-order valence-corrected chi connectivity index (χ3v) is 7.04. The van der Waals surface area contributed by atoms with E-state index in [1.807, 2.05) is 32.6 Å². The summed E-state index contributed by atoms with van der Waals surface area (Å²) < 4.78 is 14.7. The molecule has 1 unspecified atom stereocenters. The lowest BCUT2D eigenvalue weighted by atomic mass is 9.74. The lowest BCUT2D eigenvalue weighted by Gasteiger charge is -2.43. The number of benzene rings is 1. The van der Waals surface area contributed by atoms with Gasteiger partial charge in [0, 0.05) is 36.8 Å². The van der Waals surface area contributed by atoms with Gasteiger partial charge >= 0.3 is 0 Å². The Kier molecular flexibility index (Phi) is 6.82. The number of halogens is 2. The number of carbonyl (C=O) groups excluding carboxylic acids is 2. The fourth-order valence-electron chi connectivity index (χ4n) is 5.12. The molecule has 0 N–H and O–H groups in total. The highest BCUT2D eigenvalue weighted by Crippen LogP contribution is 2.41. The lowest BCUT2D eigenvalue weighted by molar-refractivity contribution is -0.128. The van der Waals surface area contributed by atoms with Gasteiger partial charge in [-0.15, -0.1) is 0 Å². The Balaban J connectivity index is 1.85. The molecule has 1 fully saturated rings. The fourth-order valence-corrected chi connectivity index (χ4v) is 5.38. The summed E-state index contributed by atoms with van der Waals surface area (Å²) in [5.41, 5.74) is 0.853. The molecular formula is C27H30ClFN4O2. The summed E-state index contributed by atoms with van der Waals surface area (Å²) in [5, 5.41) is 0.288.